The van der Waals surface area contributed by atoms with Crippen molar-refractivity contribution in [3.8, 4) is 0 Å². The van der Waals surface area contributed by atoms with Crippen molar-refractivity contribution < 1.29 is 4.74 Å². The number of rotatable bonds is 2. The van der Waals surface area contributed by atoms with Gasteiger partial charge in [0.15, 0.2) is 0 Å². The van der Waals surface area contributed by atoms with Gasteiger partial charge in [0, 0.05) is 18.6 Å². The van der Waals surface area contributed by atoms with E-state index in [1.807, 2.05) is 6.92 Å². The molecule has 0 aromatic heterocycles. The molecule has 2 rings (SSSR count). The van der Waals surface area contributed by atoms with Crippen molar-refractivity contribution in [3.63, 3.8) is 0 Å². The van der Waals surface area contributed by atoms with Crippen molar-refractivity contribution >= 4 is 0 Å². The third-order valence-electron chi connectivity index (χ3n) is 2.84. The first-order valence-electron chi connectivity index (χ1n) is 5.20. The fourth-order valence-electron chi connectivity index (χ4n) is 1.89. The van der Waals surface area contributed by atoms with Crippen LogP contribution in [0.1, 0.15) is 36.4 Å². The molecule has 1 aliphatic heterocycles. The van der Waals surface area contributed by atoms with E-state index >= 15 is 0 Å². The Hall–Kier alpha value is -0.860. The highest BCUT2D eigenvalue weighted by molar-refractivity contribution is 5.28. The highest BCUT2D eigenvalue weighted by atomic mass is 16.5. The summed E-state index contributed by atoms with van der Waals surface area (Å²) in [7, 11) is 0. The van der Waals surface area contributed by atoms with Crippen molar-refractivity contribution in [2.24, 2.45) is 5.73 Å². The van der Waals surface area contributed by atoms with Gasteiger partial charge in [0.1, 0.15) is 0 Å². The lowest BCUT2D eigenvalue weighted by atomic mass is 9.95. The van der Waals surface area contributed by atoms with Gasteiger partial charge in [0.2, 0.25) is 0 Å². The summed E-state index contributed by atoms with van der Waals surface area (Å²) in [5.74, 6) is 0.577. The molecule has 76 valence electrons. The smallest absolute Gasteiger partial charge is 0.0535 e. The zero-order valence-corrected chi connectivity index (χ0v) is 8.57. The minimum Gasteiger partial charge on any atom is -0.381 e. The Morgan fingerprint density at radius 2 is 2.36 bits per heavy atom. The van der Waals surface area contributed by atoms with Crippen LogP contribution in [0.3, 0.4) is 0 Å². The third-order valence-corrected chi connectivity index (χ3v) is 2.84. The van der Waals surface area contributed by atoms with Crippen LogP contribution in [0.4, 0.5) is 0 Å². The van der Waals surface area contributed by atoms with Gasteiger partial charge in [-0.25, -0.2) is 0 Å². The van der Waals surface area contributed by atoms with Gasteiger partial charge >= 0.3 is 0 Å². The predicted molar refractivity (Wildman–Crippen MR) is 57.2 cm³/mol. The van der Waals surface area contributed by atoms with Gasteiger partial charge in [-0.1, -0.05) is 24.3 Å². The quantitative estimate of drug-likeness (QED) is 0.777. The summed E-state index contributed by atoms with van der Waals surface area (Å²) in [6.07, 6.45) is 1.14. The lowest BCUT2D eigenvalue weighted by Gasteiger charge is -2.11. The van der Waals surface area contributed by atoms with Gasteiger partial charge < -0.3 is 10.5 Å². The first-order chi connectivity index (χ1) is 6.77. The number of benzene rings is 1. The highest BCUT2D eigenvalue weighted by Gasteiger charge is 2.17. The summed E-state index contributed by atoms with van der Waals surface area (Å²) in [6, 6.07) is 8.68. The van der Waals surface area contributed by atoms with Crippen molar-refractivity contribution in [1.82, 2.24) is 0 Å². The molecule has 2 unspecified atom stereocenters. The maximum Gasteiger partial charge on any atom is 0.0535 e. The first kappa shape index (κ1) is 9.69. The average Bonchev–Trinajstić information content (AvgIpc) is 2.71. The van der Waals surface area contributed by atoms with Crippen LogP contribution in [0.15, 0.2) is 24.3 Å². The third kappa shape index (κ3) is 1.97. The molecule has 14 heavy (non-hydrogen) atoms. The first-order valence-corrected chi connectivity index (χ1v) is 5.20. The number of hydrogen-bond donors (Lipinski definition) is 1. The number of nitrogens with two attached hydrogens (primary N) is 1. The summed E-state index contributed by atoms with van der Waals surface area (Å²) in [6.45, 7) is 3.78. The predicted octanol–water partition coefficient (Wildman–Crippen LogP) is 2.21. The summed E-state index contributed by atoms with van der Waals surface area (Å²) in [5, 5.41) is 0. The van der Waals surface area contributed by atoms with E-state index in [4.69, 9.17) is 10.5 Å². The molecule has 0 radical (unpaired) electrons. The second-order valence-electron chi connectivity index (χ2n) is 4.02. The molecule has 1 aliphatic rings. The molecule has 1 heterocycles. The molecule has 2 heteroatoms. The topological polar surface area (TPSA) is 35.2 Å². The monoisotopic (exact) mass is 191 g/mol. The van der Waals surface area contributed by atoms with Gasteiger partial charge in [-0.15, -0.1) is 0 Å². The molecule has 0 aliphatic carbocycles. The Morgan fingerprint density at radius 3 is 3.00 bits per heavy atom. The summed E-state index contributed by atoms with van der Waals surface area (Å²) in [5.41, 5.74) is 8.44. The fraction of sp³-hybridized carbons (Fsp3) is 0.500. The number of hydrogen-bond acceptors (Lipinski definition) is 2. The van der Waals surface area contributed by atoms with Gasteiger partial charge in [0.25, 0.3) is 0 Å². The standard InChI is InChI=1S/C12H17NO/c1-9(13)10-3-2-4-11(7-10)12-5-6-14-8-12/h2-4,7,9,12H,5-6,8,13H2,1H3. The van der Waals surface area contributed by atoms with Crippen LogP contribution < -0.4 is 5.73 Å². The molecule has 2 N–H and O–H groups in total. The zero-order valence-electron chi connectivity index (χ0n) is 8.57. The van der Waals surface area contributed by atoms with Gasteiger partial charge in [0.05, 0.1) is 6.61 Å². The van der Waals surface area contributed by atoms with Crippen molar-refractivity contribution in [1.29, 1.82) is 0 Å². The van der Waals surface area contributed by atoms with Gasteiger partial charge in [-0.2, -0.15) is 0 Å². The van der Waals surface area contributed by atoms with Crippen LogP contribution in [0.2, 0.25) is 0 Å². The number of ether oxygens (including phenoxy) is 1. The van der Waals surface area contributed by atoms with E-state index in [1.54, 1.807) is 0 Å². The Bertz CT molecular complexity index is 303. The SMILES string of the molecule is CC(N)c1cccc(C2CCOC2)c1. The maximum atomic E-state index is 5.85. The van der Waals surface area contributed by atoms with E-state index in [0.29, 0.717) is 5.92 Å². The zero-order chi connectivity index (χ0) is 9.97. The van der Waals surface area contributed by atoms with Crippen LogP contribution in [0.25, 0.3) is 0 Å². The lowest BCUT2D eigenvalue weighted by molar-refractivity contribution is 0.194. The second kappa shape index (κ2) is 4.11. The molecule has 0 bridgehead atoms. The Balaban J connectivity index is 2.21. The Kier molecular flexibility index (Phi) is 2.85. The van der Waals surface area contributed by atoms with E-state index < -0.39 is 0 Å². The molecule has 1 aromatic rings. The van der Waals surface area contributed by atoms with E-state index in [2.05, 4.69) is 24.3 Å². The Labute approximate surface area is 85.1 Å². The molecule has 1 saturated heterocycles. The fourth-order valence-corrected chi connectivity index (χ4v) is 1.89. The summed E-state index contributed by atoms with van der Waals surface area (Å²) >= 11 is 0. The van der Waals surface area contributed by atoms with Crippen LogP contribution in [0.5, 0.6) is 0 Å². The minimum atomic E-state index is 0.122. The average molecular weight is 191 g/mol. The molecule has 2 atom stereocenters. The largest absolute Gasteiger partial charge is 0.381 e. The molecular weight excluding hydrogens is 174 g/mol. The van der Waals surface area contributed by atoms with Gasteiger partial charge in [-0.05, 0) is 24.5 Å². The molecule has 2 nitrogen and oxygen atoms in total. The van der Waals surface area contributed by atoms with Crippen LogP contribution in [-0.4, -0.2) is 13.2 Å². The minimum absolute atomic E-state index is 0.122. The van der Waals surface area contributed by atoms with E-state index in [1.165, 1.54) is 11.1 Å². The van der Waals surface area contributed by atoms with Crippen molar-refractivity contribution in [2.45, 2.75) is 25.3 Å². The molecule has 1 aromatic carbocycles. The molecule has 0 spiro atoms. The van der Waals surface area contributed by atoms with E-state index in [-0.39, 0.29) is 6.04 Å². The maximum absolute atomic E-state index is 5.85. The van der Waals surface area contributed by atoms with E-state index in [0.717, 1.165) is 19.6 Å². The summed E-state index contributed by atoms with van der Waals surface area (Å²) in [4.78, 5) is 0. The lowest BCUT2D eigenvalue weighted by Crippen LogP contribution is -2.06. The van der Waals surface area contributed by atoms with E-state index in [9.17, 15) is 0 Å². The molecular formula is C12H17NO. The Morgan fingerprint density at radius 1 is 1.50 bits per heavy atom. The highest BCUT2D eigenvalue weighted by Crippen LogP contribution is 2.26. The van der Waals surface area contributed by atoms with Crippen LogP contribution in [-0.2, 0) is 4.74 Å². The van der Waals surface area contributed by atoms with Gasteiger partial charge in [-0.3, -0.25) is 0 Å². The normalized spacial score (nSPS) is 23.7. The molecule has 0 saturated carbocycles. The van der Waals surface area contributed by atoms with Crippen LogP contribution in [0, 0.1) is 0 Å². The van der Waals surface area contributed by atoms with Crippen molar-refractivity contribution in [3.05, 3.63) is 35.4 Å². The summed E-state index contributed by atoms with van der Waals surface area (Å²) < 4.78 is 5.38. The second-order valence-corrected chi connectivity index (χ2v) is 4.02. The molecule has 0 amide bonds. The molecule has 1 fully saturated rings. The van der Waals surface area contributed by atoms with Crippen LogP contribution >= 0.6 is 0 Å². The van der Waals surface area contributed by atoms with Crippen molar-refractivity contribution in [2.75, 3.05) is 13.2 Å².